The second kappa shape index (κ2) is 7.20. The Morgan fingerprint density at radius 3 is 3.03 bits per heavy atom. The summed E-state index contributed by atoms with van der Waals surface area (Å²) in [6.07, 6.45) is 5.14. The molecule has 1 amide bonds. The molecule has 0 bridgehead atoms. The maximum atomic E-state index is 12.8. The minimum absolute atomic E-state index is 0.0167. The Morgan fingerprint density at radius 1 is 1.24 bits per heavy atom. The standard InChI is InChI=1S/C23H23N5O/c1-28-21-13-16(9-10-17(21)14-24-28)23(29)25-18-6-4-5-15(11-18)12-22-26-19-7-2-3-8-20(19)27-22/h2-8,11,14,16H,9-10,12-13H2,1H3,(H,25,29)(H,26,27). The van der Waals surface area contributed by atoms with Gasteiger partial charge < -0.3 is 10.3 Å². The highest BCUT2D eigenvalue weighted by molar-refractivity contribution is 5.93. The highest BCUT2D eigenvalue weighted by Crippen LogP contribution is 2.26. The third-order valence-electron chi connectivity index (χ3n) is 5.73. The molecule has 1 aliphatic rings. The van der Waals surface area contributed by atoms with Crippen LogP contribution in [0.25, 0.3) is 11.0 Å². The lowest BCUT2D eigenvalue weighted by Gasteiger charge is -2.22. The van der Waals surface area contributed by atoms with Crippen molar-refractivity contribution in [2.24, 2.45) is 13.0 Å². The van der Waals surface area contributed by atoms with Crippen molar-refractivity contribution < 1.29 is 4.79 Å². The van der Waals surface area contributed by atoms with Gasteiger partial charge in [0.1, 0.15) is 5.82 Å². The average Bonchev–Trinajstić information content (AvgIpc) is 3.31. The number of benzene rings is 2. The number of H-pyrrole nitrogens is 1. The van der Waals surface area contributed by atoms with Crippen LogP contribution in [0, 0.1) is 5.92 Å². The summed E-state index contributed by atoms with van der Waals surface area (Å²) in [5.74, 6) is 0.986. The van der Waals surface area contributed by atoms with Crippen LogP contribution in [0.4, 0.5) is 5.69 Å². The highest BCUT2D eigenvalue weighted by atomic mass is 16.1. The van der Waals surface area contributed by atoms with Crippen LogP contribution in [0.1, 0.15) is 29.1 Å². The largest absolute Gasteiger partial charge is 0.342 e. The van der Waals surface area contributed by atoms with E-state index in [1.54, 1.807) is 0 Å². The van der Waals surface area contributed by atoms with Gasteiger partial charge in [0.25, 0.3) is 0 Å². The molecule has 0 saturated carbocycles. The quantitative estimate of drug-likeness (QED) is 0.563. The van der Waals surface area contributed by atoms with Crippen molar-refractivity contribution >= 4 is 22.6 Å². The summed E-state index contributed by atoms with van der Waals surface area (Å²) in [5, 5.41) is 7.43. The predicted molar refractivity (Wildman–Crippen MR) is 113 cm³/mol. The van der Waals surface area contributed by atoms with Crippen LogP contribution >= 0.6 is 0 Å². The van der Waals surface area contributed by atoms with E-state index < -0.39 is 0 Å². The van der Waals surface area contributed by atoms with Crippen molar-refractivity contribution in [3.63, 3.8) is 0 Å². The maximum Gasteiger partial charge on any atom is 0.227 e. The first kappa shape index (κ1) is 17.7. The molecule has 6 nitrogen and oxygen atoms in total. The van der Waals surface area contributed by atoms with E-state index in [0.29, 0.717) is 6.42 Å². The van der Waals surface area contributed by atoms with E-state index >= 15 is 0 Å². The molecule has 29 heavy (non-hydrogen) atoms. The Hall–Kier alpha value is -3.41. The molecule has 4 aromatic rings. The monoisotopic (exact) mass is 385 g/mol. The summed E-state index contributed by atoms with van der Waals surface area (Å²) in [7, 11) is 1.95. The third-order valence-corrected chi connectivity index (χ3v) is 5.73. The lowest BCUT2D eigenvalue weighted by molar-refractivity contribution is -0.120. The number of imidazole rings is 1. The molecule has 0 radical (unpaired) electrons. The van der Waals surface area contributed by atoms with Gasteiger partial charge in [0.2, 0.25) is 5.91 Å². The van der Waals surface area contributed by atoms with Crippen LogP contribution < -0.4 is 5.32 Å². The summed E-state index contributed by atoms with van der Waals surface area (Å²) in [5.41, 5.74) is 6.40. The van der Waals surface area contributed by atoms with Gasteiger partial charge in [-0.15, -0.1) is 0 Å². The van der Waals surface area contributed by atoms with Crippen LogP contribution in [0.5, 0.6) is 0 Å². The number of anilines is 1. The van der Waals surface area contributed by atoms with E-state index in [-0.39, 0.29) is 11.8 Å². The third kappa shape index (κ3) is 3.53. The lowest BCUT2D eigenvalue weighted by atomic mass is 9.87. The molecule has 146 valence electrons. The average molecular weight is 385 g/mol. The Bertz CT molecular complexity index is 1160. The fourth-order valence-electron chi connectivity index (χ4n) is 4.16. The van der Waals surface area contributed by atoms with Crippen molar-refractivity contribution in [3.05, 3.63) is 77.4 Å². The number of amides is 1. The van der Waals surface area contributed by atoms with E-state index in [1.807, 2.05) is 60.4 Å². The van der Waals surface area contributed by atoms with Crippen molar-refractivity contribution in [1.29, 1.82) is 0 Å². The van der Waals surface area contributed by atoms with E-state index in [4.69, 9.17) is 0 Å². The number of aromatic amines is 1. The van der Waals surface area contributed by atoms with Crippen LogP contribution in [0.15, 0.2) is 54.7 Å². The molecule has 2 aromatic carbocycles. The topological polar surface area (TPSA) is 75.6 Å². The number of aryl methyl sites for hydroxylation is 2. The Labute approximate surface area is 169 Å². The van der Waals surface area contributed by atoms with E-state index in [1.165, 1.54) is 11.3 Å². The molecule has 5 rings (SSSR count). The zero-order chi connectivity index (χ0) is 19.8. The van der Waals surface area contributed by atoms with Gasteiger partial charge >= 0.3 is 0 Å². The van der Waals surface area contributed by atoms with E-state index in [2.05, 4.69) is 26.4 Å². The molecule has 1 unspecified atom stereocenters. The number of nitrogens with zero attached hydrogens (tertiary/aromatic N) is 3. The molecular weight excluding hydrogens is 362 g/mol. The summed E-state index contributed by atoms with van der Waals surface area (Å²) < 4.78 is 1.89. The second-order valence-electron chi connectivity index (χ2n) is 7.75. The number of nitrogens with one attached hydrogen (secondary N) is 2. The fraction of sp³-hybridized carbons (Fsp3) is 0.261. The van der Waals surface area contributed by atoms with Crippen molar-refractivity contribution in [1.82, 2.24) is 19.7 Å². The Balaban J connectivity index is 1.28. The van der Waals surface area contributed by atoms with Crippen molar-refractivity contribution in [2.45, 2.75) is 25.7 Å². The van der Waals surface area contributed by atoms with Crippen molar-refractivity contribution in [3.8, 4) is 0 Å². The summed E-state index contributed by atoms with van der Waals surface area (Å²) >= 11 is 0. The molecule has 0 aliphatic heterocycles. The van der Waals surface area contributed by atoms with Crippen LogP contribution in [-0.4, -0.2) is 25.7 Å². The molecule has 0 fully saturated rings. The molecule has 2 N–H and O–H groups in total. The second-order valence-corrected chi connectivity index (χ2v) is 7.75. The molecule has 6 heteroatoms. The first-order valence-electron chi connectivity index (χ1n) is 9.99. The number of hydrogen-bond donors (Lipinski definition) is 2. The minimum atomic E-state index is -0.0167. The number of carbonyl (C=O) groups excluding carboxylic acids is 1. The minimum Gasteiger partial charge on any atom is -0.342 e. The normalized spacial score (nSPS) is 16.0. The van der Waals surface area contributed by atoms with Gasteiger partial charge in [0.15, 0.2) is 0 Å². The molecule has 2 aromatic heterocycles. The van der Waals surface area contributed by atoms with Gasteiger partial charge in [-0.2, -0.15) is 5.10 Å². The van der Waals surface area contributed by atoms with Crippen molar-refractivity contribution in [2.75, 3.05) is 5.32 Å². The van der Waals surface area contributed by atoms with Gasteiger partial charge in [-0.3, -0.25) is 9.48 Å². The number of carbonyl (C=O) groups is 1. The molecule has 2 heterocycles. The van der Waals surface area contributed by atoms with Gasteiger partial charge in [0, 0.05) is 37.2 Å². The number of aromatic nitrogens is 4. The fourth-order valence-corrected chi connectivity index (χ4v) is 4.16. The smallest absolute Gasteiger partial charge is 0.227 e. The summed E-state index contributed by atoms with van der Waals surface area (Å²) in [6.45, 7) is 0. The van der Waals surface area contributed by atoms with E-state index in [0.717, 1.165) is 47.4 Å². The van der Waals surface area contributed by atoms with Gasteiger partial charge in [-0.1, -0.05) is 24.3 Å². The number of para-hydroxylation sites is 2. The predicted octanol–water partition coefficient (Wildman–Crippen LogP) is 3.63. The molecule has 1 atom stereocenters. The first-order chi connectivity index (χ1) is 14.2. The van der Waals surface area contributed by atoms with Crippen LogP contribution in [0.3, 0.4) is 0 Å². The molecular formula is C23H23N5O. The Morgan fingerprint density at radius 2 is 2.14 bits per heavy atom. The molecule has 0 spiro atoms. The SMILES string of the molecule is Cn1ncc2c1CC(C(=O)Nc1cccc(Cc3nc4ccccc4[nH]3)c1)CC2. The van der Waals surface area contributed by atoms with Crippen LogP contribution in [-0.2, 0) is 31.1 Å². The van der Waals surface area contributed by atoms with Gasteiger partial charge in [-0.25, -0.2) is 4.98 Å². The van der Waals surface area contributed by atoms with Crippen LogP contribution in [0.2, 0.25) is 0 Å². The summed E-state index contributed by atoms with van der Waals surface area (Å²) in [6, 6.07) is 16.0. The molecule has 1 aliphatic carbocycles. The van der Waals surface area contributed by atoms with E-state index in [9.17, 15) is 4.79 Å². The first-order valence-corrected chi connectivity index (χ1v) is 9.99. The highest BCUT2D eigenvalue weighted by Gasteiger charge is 2.27. The zero-order valence-corrected chi connectivity index (χ0v) is 16.4. The number of fused-ring (bicyclic) bond motifs is 2. The number of rotatable bonds is 4. The lowest BCUT2D eigenvalue weighted by Crippen LogP contribution is -2.28. The maximum absolute atomic E-state index is 12.8. The number of hydrogen-bond acceptors (Lipinski definition) is 3. The Kier molecular flexibility index (Phi) is 4.39. The van der Waals surface area contributed by atoms with Gasteiger partial charge in [-0.05, 0) is 48.2 Å². The zero-order valence-electron chi connectivity index (χ0n) is 16.4. The summed E-state index contributed by atoms with van der Waals surface area (Å²) in [4.78, 5) is 20.8. The van der Waals surface area contributed by atoms with Gasteiger partial charge in [0.05, 0.1) is 17.2 Å². The molecule has 0 saturated heterocycles.